The number of nitrogens with zero attached hydrogens (tertiary/aromatic N) is 1. The van der Waals surface area contributed by atoms with Crippen molar-refractivity contribution in [3.63, 3.8) is 0 Å². The van der Waals surface area contributed by atoms with Gasteiger partial charge in [0.1, 0.15) is 6.61 Å². The lowest BCUT2D eigenvalue weighted by Crippen LogP contribution is -2.00. The number of aliphatic hydroxyl groups is 1. The van der Waals surface area contributed by atoms with E-state index in [2.05, 4.69) is 0 Å². The first-order valence-electron chi connectivity index (χ1n) is 5.96. The fourth-order valence-electron chi connectivity index (χ4n) is 1.71. The van der Waals surface area contributed by atoms with Crippen molar-refractivity contribution in [2.75, 3.05) is 0 Å². The van der Waals surface area contributed by atoms with E-state index in [1.807, 2.05) is 0 Å². The zero-order valence-electron chi connectivity index (χ0n) is 10.8. The summed E-state index contributed by atoms with van der Waals surface area (Å²) in [5.74, 6) is -1.67. The molecule has 2 rings (SSSR count). The first kappa shape index (κ1) is 14.9. The highest BCUT2D eigenvalue weighted by molar-refractivity contribution is 5.35. The Kier molecular flexibility index (Phi) is 4.44. The lowest BCUT2D eigenvalue weighted by atomic mass is 10.2. The molecule has 0 saturated heterocycles. The summed E-state index contributed by atoms with van der Waals surface area (Å²) in [7, 11) is 0. The van der Waals surface area contributed by atoms with E-state index in [0.717, 1.165) is 18.2 Å². The molecule has 0 aliphatic rings. The van der Waals surface area contributed by atoms with E-state index >= 15 is 0 Å². The van der Waals surface area contributed by atoms with Crippen LogP contribution in [0.2, 0.25) is 0 Å². The average molecular weight is 295 g/mol. The van der Waals surface area contributed by atoms with Crippen molar-refractivity contribution in [1.82, 2.24) is 0 Å². The summed E-state index contributed by atoms with van der Waals surface area (Å²) < 4.78 is 32.2. The maximum atomic E-state index is 13.6. The zero-order chi connectivity index (χ0) is 15.4. The van der Waals surface area contributed by atoms with Crippen molar-refractivity contribution in [1.29, 1.82) is 0 Å². The number of nitro groups is 1. The van der Waals surface area contributed by atoms with Crippen LogP contribution in [0.25, 0.3) is 0 Å². The third kappa shape index (κ3) is 3.51. The molecule has 0 heterocycles. The Bertz CT molecular complexity index is 676. The van der Waals surface area contributed by atoms with Gasteiger partial charge in [0.15, 0.2) is 11.6 Å². The fourth-order valence-corrected chi connectivity index (χ4v) is 1.71. The molecular weight excluding hydrogens is 284 g/mol. The van der Waals surface area contributed by atoms with Gasteiger partial charge >= 0.3 is 5.69 Å². The van der Waals surface area contributed by atoms with Crippen LogP contribution in [0.15, 0.2) is 36.4 Å². The third-order valence-corrected chi connectivity index (χ3v) is 2.78. The monoisotopic (exact) mass is 295 g/mol. The molecule has 21 heavy (non-hydrogen) atoms. The number of benzene rings is 2. The number of nitro benzene ring substituents is 1. The van der Waals surface area contributed by atoms with Gasteiger partial charge in [-0.15, -0.1) is 0 Å². The number of aliphatic hydroxyl groups excluding tert-OH is 1. The number of hydrogen-bond donors (Lipinski definition) is 1. The lowest BCUT2D eigenvalue weighted by molar-refractivity contribution is -0.387. The minimum Gasteiger partial charge on any atom is -0.486 e. The predicted molar refractivity (Wildman–Crippen MR) is 69.7 cm³/mol. The van der Waals surface area contributed by atoms with E-state index in [4.69, 9.17) is 9.84 Å². The number of rotatable bonds is 5. The molecule has 7 heteroatoms. The van der Waals surface area contributed by atoms with Crippen LogP contribution in [-0.2, 0) is 13.2 Å². The Morgan fingerprint density at radius 2 is 1.76 bits per heavy atom. The molecule has 0 aromatic heterocycles. The molecule has 0 radical (unpaired) electrons. The Morgan fingerprint density at radius 1 is 1.10 bits per heavy atom. The third-order valence-electron chi connectivity index (χ3n) is 2.78. The average Bonchev–Trinajstić information content (AvgIpc) is 2.45. The molecule has 0 bridgehead atoms. The molecule has 0 fully saturated rings. The van der Waals surface area contributed by atoms with Crippen molar-refractivity contribution in [2.24, 2.45) is 0 Å². The quantitative estimate of drug-likeness (QED) is 0.680. The van der Waals surface area contributed by atoms with Crippen molar-refractivity contribution >= 4 is 5.69 Å². The molecule has 0 aliphatic carbocycles. The molecule has 0 aliphatic heterocycles. The SMILES string of the molecule is O=[N+]([O-])c1ccc(COc2ccc(CO)cc2F)cc1F. The second-order valence-corrected chi connectivity index (χ2v) is 4.25. The summed E-state index contributed by atoms with van der Waals surface area (Å²) in [4.78, 5) is 9.66. The fraction of sp³-hybridized carbons (Fsp3) is 0.143. The molecule has 0 spiro atoms. The van der Waals surface area contributed by atoms with E-state index in [1.54, 1.807) is 0 Å². The highest BCUT2D eigenvalue weighted by Gasteiger charge is 2.14. The van der Waals surface area contributed by atoms with Crippen LogP contribution in [0.1, 0.15) is 11.1 Å². The van der Waals surface area contributed by atoms with Gasteiger partial charge in [0.05, 0.1) is 11.5 Å². The van der Waals surface area contributed by atoms with Crippen LogP contribution in [0, 0.1) is 21.7 Å². The van der Waals surface area contributed by atoms with E-state index in [-0.39, 0.29) is 19.0 Å². The van der Waals surface area contributed by atoms with Gasteiger partial charge in [0, 0.05) is 6.07 Å². The highest BCUT2D eigenvalue weighted by Crippen LogP contribution is 2.22. The first-order valence-corrected chi connectivity index (χ1v) is 5.96. The summed E-state index contributed by atoms with van der Waals surface area (Å²) in [5.41, 5.74) is 0.113. The van der Waals surface area contributed by atoms with Gasteiger partial charge in [-0.05, 0) is 35.4 Å². The number of halogens is 2. The molecule has 0 amide bonds. The van der Waals surface area contributed by atoms with Gasteiger partial charge in [-0.25, -0.2) is 4.39 Å². The molecule has 5 nitrogen and oxygen atoms in total. The van der Waals surface area contributed by atoms with E-state index in [0.29, 0.717) is 11.1 Å². The highest BCUT2D eigenvalue weighted by atomic mass is 19.1. The standard InChI is InChI=1S/C14H11F2NO4/c15-11-6-10(1-3-13(11)17(19)20)8-21-14-4-2-9(7-18)5-12(14)16/h1-6,18H,7-8H2. The Morgan fingerprint density at radius 3 is 2.33 bits per heavy atom. The Balaban J connectivity index is 2.10. The van der Waals surface area contributed by atoms with Gasteiger partial charge in [-0.3, -0.25) is 10.1 Å². The van der Waals surface area contributed by atoms with Crippen molar-refractivity contribution in [3.8, 4) is 5.75 Å². The van der Waals surface area contributed by atoms with E-state index < -0.39 is 22.2 Å². The molecule has 1 N–H and O–H groups in total. The van der Waals surface area contributed by atoms with Gasteiger partial charge in [0.25, 0.3) is 0 Å². The lowest BCUT2D eigenvalue weighted by Gasteiger charge is -2.08. The second kappa shape index (κ2) is 6.27. The molecule has 2 aromatic rings. The second-order valence-electron chi connectivity index (χ2n) is 4.25. The topological polar surface area (TPSA) is 72.6 Å². The molecule has 110 valence electrons. The molecule has 0 atom stereocenters. The van der Waals surface area contributed by atoms with Crippen LogP contribution in [0.5, 0.6) is 5.75 Å². The maximum Gasteiger partial charge on any atom is 0.304 e. The van der Waals surface area contributed by atoms with Gasteiger partial charge < -0.3 is 9.84 Å². The maximum absolute atomic E-state index is 13.6. The normalized spacial score (nSPS) is 10.4. The molecule has 2 aromatic carbocycles. The molecular formula is C14H11F2NO4. The van der Waals surface area contributed by atoms with Crippen LogP contribution >= 0.6 is 0 Å². The predicted octanol–water partition coefficient (Wildman–Crippen LogP) is 2.94. The van der Waals surface area contributed by atoms with Crippen molar-refractivity contribution in [3.05, 3.63) is 69.3 Å². The molecule has 0 saturated carbocycles. The summed E-state index contributed by atoms with van der Waals surface area (Å²) in [6, 6.07) is 7.31. The molecule has 0 unspecified atom stereocenters. The Hall–Kier alpha value is -2.54. The van der Waals surface area contributed by atoms with Gasteiger partial charge in [-0.2, -0.15) is 4.39 Å². The van der Waals surface area contributed by atoms with Crippen molar-refractivity contribution < 1.29 is 23.5 Å². The number of ether oxygens (including phenoxy) is 1. The minimum atomic E-state index is -0.975. The zero-order valence-corrected chi connectivity index (χ0v) is 10.8. The largest absolute Gasteiger partial charge is 0.486 e. The first-order chi connectivity index (χ1) is 10.0. The number of hydrogen-bond acceptors (Lipinski definition) is 4. The van der Waals surface area contributed by atoms with E-state index in [1.165, 1.54) is 18.2 Å². The smallest absolute Gasteiger partial charge is 0.304 e. The summed E-state index contributed by atoms with van der Waals surface area (Å²) in [5, 5.41) is 19.3. The van der Waals surface area contributed by atoms with Gasteiger partial charge in [-0.1, -0.05) is 6.07 Å². The van der Waals surface area contributed by atoms with Crippen molar-refractivity contribution in [2.45, 2.75) is 13.2 Å². The van der Waals surface area contributed by atoms with E-state index in [9.17, 15) is 18.9 Å². The van der Waals surface area contributed by atoms with Crippen LogP contribution < -0.4 is 4.74 Å². The van der Waals surface area contributed by atoms with Crippen LogP contribution in [-0.4, -0.2) is 10.0 Å². The van der Waals surface area contributed by atoms with Gasteiger partial charge in [0.2, 0.25) is 5.82 Å². The minimum absolute atomic E-state index is 0.0500. The van der Waals surface area contributed by atoms with Crippen LogP contribution in [0.3, 0.4) is 0 Å². The summed E-state index contributed by atoms with van der Waals surface area (Å²) in [6.07, 6.45) is 0. The summed E-state index contributed by atoms with van der Waals surface area (Å²) >= 11 is 0. The van der Waals surface area contributed by atoms with Crippen LogP contribution in [0.4, 0.5) is 14.5 Å². The Labute approximate surface area is 118 Å². The summed E-state index contributed by atoms with van der Waals surface area (Å²) in [6.45, 7) is -0.422.